The number of nitrogens with one attached hydrogen (secondary N) is 1. The SMILES string of the molecule is Cc1ncc2c(c1-c1noc(C3CCCN(c4ccccn4)C3)n1)CCNC2.Cl.Cl. The Morgan fingerprint density at radius 1 is 1.20 bits per heavy atom. The second kappa shape index (κ2) is 9.73. The summed E-state index contributed by atoms with van der Waals surface area (Å²) in [6.07, 6.45) is 6.92. The number of hydrogen-bond acceptors (Lipinski definition) is 7. The molecule has 3 aromatic rings. The lowest BCUT2D eigenvalue weighted by Gasteiger charge is -2.31. The third kappa shape index (κ3) is 4.29. The number of nitrogens with zero attached hydrogens (tertiary/aromatic N) is 5. The van der Waals surface area contributed by atoms with E-state index in [1.807, 2.05) is 31.5 Å². The van der Waals surface area contributed by atoms with E-state index in [-0.39, 0.29) is 30.7 Å². The highest BCUT2D eigenvalue weighted by Crippen LogP contribution is 2.32. The lowest BCUT2D eigenvalue weighted by Crippen LogP contribution is -2.35. The Bertz CT molecular complexity index is 981. The Labute approximate surface area is 188 Å². The normalized spacial score (nSPS) is 18.2. The van der Waals surface area contributed by atoms with Gasteiger partial charge in [-0.25, -0.2) is 4.98 Å². The van der Waals surface area contributed by atoms with E-state index in [4.69, 9.17) is 9.51 Å². The van der Waals surface area contributed by atoms with Crippen molar-refractivity contribution in [2.75, 3.05) is 24.5 Å². The van der Waals surface area contributed by atoms with E-state index in [0.717, 1.165) is 68.4 Å². The third-order valence-corrected chi connectivity index (χ3v) is 5.74. The molecule has 1 atom stereocenters. The van der Waals surface area contributed by atoms with Gasteiger partial charge in [0.2, 0.25) is 11.7 Å². The lowest BCUT2D eigenvalue weighted by atomic mass is 9.95. The molecule has 3 aromatic heterocycles. The Morgan fingerprint density at radius 3 is 2.93 bits per heavy atom. The Balaban J connectivity index is 0.00000128. The molecular formula is C21H26Cl2N6O. The quantitative estimate of drug-likeness (QED) is 0.653. The fourth-order valence-corrected chi connectivity index (χ4v) is 4.30. The van der Waals surface area contributed by atoms with E-state index in [1.54, 1.807) is 0 Å². The standard InChI is InChI=1S/C21H24N6O.2ClH/c1-14-19(17-7-9-22-11-16(17)12-24-14)20-25-21(28-26-20)15-5-4-10-27(13-15)18-6-2-3-8-23-18;;/h2-3,6,8,12,15,22H,4-5,7,9-11,13H2,1H3;2*1H. The first-order valence-corrected chi connectivity index (χ1v) is 9.97. The summed E-state index contributed by atoms with van der Waals surface area (Å²) in [5, 5.41) is 7.75. The number of fused-ring (bicyclic) bond motifs is 1. The van der Waals surface area contributed by atoms with Crippen molar-refractivity contribution in [1.29, 1.82) is 0 Å². The first-order chi connectivity index (χ1) is 13.8. The van der Waals surface area contributed by atoms with E-state index in [1.165, 1.54) is 11.1 Å². The van der Waals surface area contributed by atoms with Crippen LogP contribution in [0.4, 0.5) is 5.82 Å². The zero-order valence-electron chi connectivity index (χ0n) is 16.9. The van der Waals surface area contributed by atoms with Crippen molar-refractivity contribution in [3.05, 3.63) is 53.3 Å². The zero-order chi connectivity index (χ0) is 18.9. The number of pyridine rings is 2. The molecule has 5 heterocycles. The van der Waals surface area contributed by atoms with Gasteiger partial charge in [-0.15, -0.1) is 24.8 Å². The van der Waals surface area contributed by atoms with E-state index < -0.39 is 0 Å². The van der Waals surface area contributed by atoms with Gasteiger partial charge in [-0.2, -0.15) is 4.98 Å². The molecule has 0 aromatic carbocycles. The molecule has 7 nitrogen and oxygen atoms in total. The molecule has 0 saturated carbocycles. The number of aryl methyl sites for hydroxylation is 1. The maximum atomic E-state index is 5.74. The van der Waals surface area contributed by atoms with Gasteiger partial charge >= 0.3 is 0 Å². The molecule has 9 heteroatoms. The molecule has 1 saturated heterocycles. The largest absolute Gasteiger partial charge is 0.356 e. The minimum absolute atomic E-state index is 0. The number of halogens is 2. The molecular weight excluding hydrogens is 423 g/mol. The maximum absolute atomic E-state index is 5.74. The summed E-state index contributed by atoms with van der Waals surface area (Å²) in [4.78, 5) is 16.2. The molecule has 2 aliphatic rings. The highest BCUT2D eigenvalue weighted by molar-refractivity contribution is 5.85. The second-order valence-corrected chi connectivity index (χ2v) is 7.58. The molecule has 0 bridgehead atoms. The predicted molar refractivity (Wildman–Crippen MR) is 121 cm³/mol. The van der Waals surface area contributed by atoms with Gasteiger partial charge < -0.3 is 14.7 Å². The van der Waals surface area contributed by atoms with Gasteiger partial charge in [0.25, 0.3) is 0 Å². The van der Waals surface area contributed by atoms with Crippen molar-refractivity contribution in [3.8, 4) is 11.4 Å². The van der Waals surface area contributed by atoms with Crippen molar-refractivity contribution in [3.63, 3.8) is 0 Å². The van der Waals surface area contributed by atoms with Crippen LogP contribution in [0.15, 0.2) is 35.1 Å². The van der Waals surface area contributed by atoms with Crippen molar-refractivity contribution in [1.82, 2.24) is 25.4 Å². The molecule has 0 amide bonds. The van der Waals surface area contributed by atoms with Crippen LogP contribution in [0, 0.1) is 6.92 Å². The summed E-state index contributed by atoms with van der Waals surface area (Å²) in [6, 6.07) is 6.03. The third-order valence-electron chi connectivity index (χ3n) is 5.74. The smallest absolute Gasteiger partial charge is 0.231 e. The van der Waals surface area contributed by atoms with Gasteiger partial charge in [0.1, 0.15) is 5.82 Å². The number of aromatic nitrogens is 4. The summed E-state index contributed by atoms with van der Waals surface area (Å²) in [5.41, 5.74) is 4.55. The average molecular weight is 449 g/mol. The Kier molecular flexibility index (Phi) is 7.28. The summed E-state index contributed by atoms with van der Waals surface area (Å²) in [6.45, 7) is 5.71. The molecule has 1 N–H and O–H groups in total. The first kappa shape index (κ1) is 22.5. The van der Waals surface area contributed by atoms with E-state index in [2.05, 4.69) is 31.4 Å². The summed E-state index contributed by atoms with van der Waals surface area (Å²) in [5.74, 6) is 2.64. The van der Waals surface area contributed by atoms with Gasteiger partial charge in [0.05, 0.1) is 5.92 Å². The molecule has 0 aliphatic carbocycles. The first-order valence-electron chi connectivity index (χ1n) is 9.97. The van der Waals surface area contributed by atoms with Crippen LogP contribution in [0.3, 0.4) is 0 Å². The predicted octanol–water partition coefficient (Wildman–Crippen LogP) is 3.71. The summed E-state index contributed by atoms with van der Waals surface area (Å²) < 4.78 is 5.74. The van der Waals surface area contributed by atoms with Crippen LogP contribution in [0.5, 0.6) is 0 Å². The molecule has 1 unspecified atom stereocenters. The summed E-state index contributed by atoms with van der Waals surface area (Å²) >= 11 is 0. The van der Waals surface area contributed by atoms with Crippen molar-refractivity contribution in [2.24, 2.45) is 0 Å². The van der Waals surface area contributed by atoms with Crippen LogP contribution in [0.2, 0.25) is 0 Å². The van der Waals surface area contributed by atoms with Crippen LogP contribution < -0.4 is 10.2 Å². The topological polar surface area (TPSA) is 80.0 Å². The van der Waals surface area contributed by atoms with Gasteiger partial charge in [-0.3, -0.25) is 4.98 Å². The van der Waals surface area contributed by atoms with E-state index in [0.29, 0.717) is 5.82 Å². The van der Waals surface area contributed by atoms with Gasteiger partial charge in [0, 0.05) is 43.3 Å². The van der Waals surface area contributed by atoms with Crippen molar-refractivity contribution < 1.29 is 4.52 Å². The molecule has 0 spiro atoms. The second-order valence-electron chi connectivity index (χ2n) is 7.58. The van der Waals surface area contributed by atoms with Crippen molar-refractivity contribution >= 4 is 30.6 Å². The van der Waals surface area contributed by atoms with Gasteiger partial charge in [-0.05, 0) is 56.0 Å². The van der Waals surface area contributed by atoms with Crippen molar-refractivity contribution in [2.45, 2.75) is 38.6 Å². The molecule has 0 radical (unpaired) electrons. The zero-order valence-corrected chi connectivity index (χ0v) is 18.5. The number of anilines is 1. The summed E-state index contributed by atoms with van der Waals surface area (Å²) in [7, 11) is 0. The van der Waals surface area contributed by atoms with Gasteiger partial charge in [-0.1, -0.05) is 11.2 Å². The van der Waals surface area contributed by atoms with Crippen LogP contribution in [-0.4, -0.2) is 39.7 Å². The van der Waals surface area contributed by atoms with Crippen LogP contribution in [0.1, 0.15) is 41.5 Å². The minimum atomic E-state index is 0. The maximum Gasteiger partial charge on any atom is 0.231 e. The molecule has 160 valence electrons. The van der Waals surface area contributed by atoms with E-state index >= 15 is 0 Å². The Morgan fingerprint density at radius 2 is 2.10 bits per heavy atom. The number of rotatable bonds is 3. The highest BCUT2D eigenvalue weighted by atomic mass is 35.5. The fourth-order valence-electron chi connectivity index (χ4n) is 4.30. The fraction of sp³-hybridized carbons (Fsp3) is 0.429. The molecule has 1 fully saturated rings. The van der Waals surface area contributed by atoms with E-state index in [9.17, 15) is 0 Å². The lowest BCUT2D eigenvalue weighted by molar-refractivity contribution is 0.333. The average Bonchev–Trinajstić information content (AvgIpc) is 3.24. The number of hydrogen-bond donors (Lipinski definition) is 1. The van der Waals surface area contributed by atoms with Crippen LogP contribution >= 0.6 is 24.8 Å². The number of piperidine rings is 1. The minimum Gasteiger partial charge on any atom is -0.356 e. The molecule has 5 rings (SSSR count). The van der Waals surface area contributed by atoms with Gasteiger partial charge in [0.15, 0.2) is 0 Å². The van der Waals surface area contributed by atoms with Crippen LogP contribution in [0.25, 0.3) is 11.4 Å². The van der Waals surface area contributed by atoms with Crippen LogP contribution in [-0.2, 0) is 13.0 Å². The molecule has 2 aliphatic heterocycles. The Hall–Kier alpha value is -2.22. The molecule has 30 heavy (non-hydrogen) atoms. The highest BCUT2D eigenvalue weighted by Gasteiger charge is 2.28. The monoisotopic (exact) mass is 448 g/mol.